The smallest absolute Gasteiger partial charge is 0.311 e. The maximum Gasteiger partial charge on any atom is 0.311 e. The second-order valence-electron chi connectivity index (χ2n) is 8.02. The van der Waals surface area contributed by atoms with Crippen LogP contribution in [-0.4, -0.2) is 28.8 Å². The predicted molar refractivity (Wildman–Crippen MR) is 137 cm³/mol. The number of rotatable bonds is 8. The monoisotopic (exact) mass is 465 g/mol. The van der Waals surface area contributed by atoms with Crippen molar-refractivity contribution in [3.05, 3.63) is 65.9 Å². The molecule has 6 nitrogen and oxygen atoms in total. The van der Waals surface area contributed by atoms with Crippen molar-refractivity contribution in [3.63, 3.8) is 0 Å². The number of nitrogens with one attached hydrogen (secondary N) is 2. The summed E-state index contributed by atoms with van der Waals surface area (Å²) in [4.78, 5) is 29.9. The molecule has 3 rings (SSSR count). The molecule has 174 valence electrons. The molecule has 33 heavy (non-hydrogen) atoms. The van der Waals surface area contributed by atoms with Crippen LogP contribution in [0.4, 0.5) is 17.1 Å². The number of carbonyl (C=O) groups is 2. The molecule has 7 heteroatoms. The van der Waals surface area contributed by atoms with Gasteiger partial charge in [-0.05, 0) is 55.2 Å². The second kappa shape index (κ2) is 11.7. The Morgan fingerprint density at radius 3 is 2.48 bits per heavy atom. The minimum atomic E-state index is -0.334. The molecule has 1 amide bonds. The van der Waals surface area contributed by atoms with E-state index in [9.17, 15) is 9.59 Å². The first kappa shape index (κ1) is 24.6. The third-order valence-corrected chi connectivity index (χ3v) is 6.42. The minimum Gasteiger partial charge on any atom is -0.466 e. The van der Waals surface area contributed by atoms with E-state index in [-0.39, 0.29) is 23.5 Å². The zero-order chi connectivity index (χ0) is 23.8. The Morgan fingerprint density at radius 1 is 1.09 bits per heavy atom. The number of para-hydroxylation sites is 2. The molecule has 0 fully saturated rings. The molecule has 0 aliphatic carbocycles. The molecule has 0 bridgehead atoms. The first-order valence-corrected chi connectivity index (χ1v) is 12.2. The number of hydrogen-bond donors (Lipinski definition) is 2. The number of ether oxygens (including phenoxy) is 1. The summed E-state index contributed by atoms with van der Waals surface area (Å²) < 4.78 is 5.11. The Hall–Kier alpha value is -3.06. The number of fused-ring (bicyclic) bond motifs is 1. The molecular formula is C26H31N3O3S. The maximum atomic E-state index is 13.0. The van der Waals surface area contributed by atoms with Crippen LogP contribution in [0.15, 0.2) is 65.3 Å². The molecule has 2 N–H and O–H groups in total. The van der Waals surface area contributed by atoms with Gasteiger partial charge < -0.3 is 15.4 Å². The molecule has 1 heterocycles. The number of anilines is 2. The SMILES string of the molecule is CCOC(=O)CC1=CC(S[C@@H](CC)C(=O)Nc2ccc(C(C)C)cc2)=Nc2ccccc2N1. The fourth-order valence-electron chi connectivity index (χ4n) is 3.35. The van der Waals surface area contributed by atoms with Crippen molar-refractivity contribution in [2.75, 3.05) is 17.2 Å². The molecule has 1 aliphatic rings. The van der Waals surface area contributed by atoms with Gasteiger partial charge in [0, 0.05) is 11.4 Å². The number of esters is 1. The predicted octanol–water partition coefficient (Wildman–Crippen LogP) is 6.25. The van der Waals surface area contributed by atoms with Crippen molar-refractivity contribution in [2.45, 2.75) is 51.7 Å². The molecule has 0 aromatic heterocycles. The van der Waals surface area contributed by atoms with Crippen LogP contribution >= 0.6 is 11.8 Å². The van der Waals surface area contributed by atoms with Gasteiger partial charge in [0.25, 0.3) is 0 Å². The van der Waals surface area contributed by atoms with Crippen LogP contribution in [-0.2, 0) is 14.3 Å². The maximum absolute atomic E-state index is 13.0. The van der Waals surface area contributed by atoms with Gasteiger partial charge in [0.05, 0.1) is 34.7 Å². The highest BCUT2D eigenvalue weighted by Gasteiger charge is 2.22. The summed E-state index contributed by atoms with van der Waals surface area (Å²) in [7, 11) is 0. The molecule has 0 spiro atoms. The van der Waals surface area contributed by atoms with Gasteiger partial charge in [-0.25, -0.2) is 4.99 Å². The van der Waals surface area contributed by atoms with Gasteiger partial charge >= 0.3 is 5.97 Å². The van der Waals surface area contributed by atoms with Crippen molar-refractivity contribution in [3.8, 4) is 0 Å². The van der Waals surface area contributed by atoms with Crippen molar-refractivity contribution < 1.29 is 14.3 Å². The van der Waals surface area contributed by atoms with Crippen LogP contribution in [0.25, 0.3) is 0 Å². The quantitative estimate of drug-likeness (QED) is 0.450. The summed E-state index contributed by atoms with van der Waals surface area (Å²) in [6.07, 6.45) is 2.57. The van der Waals surface area contributed by atoms with Gasteiger partial charge in [0.1, 0.15) is 0 Å². The lowest BCUT2D eigenvalue weighted by Crippen LogP contribution is -2.25. The van der Waals surface area contributed by atoms with Crippen molar-refractivity contribution >= 4 is 45.7 Å². The van der Waals surface area contributed by atoms with Crippen LogP contribution in [0.1, 0.15) is 52.0 Å². The van der Waals surface area contributed by atoms with Crippen molar-refractivity contribution in [1.82, 2.24) is 0 Å². The Morgan fingerprint density at radius 2 is 1.82 bits per heavy atom. The van der Waals surface area contributed by atoms with Crippen LogP contribution in [0, 0.1) is 0 Å². The van der Waals surface area contributed by atoms with E-state index >= 15 is 0 Å². The number of amides is 1. The largest absolute Gasteiger partial charge is 0.466 e. The highest BCUT2D eigenvalue weighted by molar-refractivity contribution is 8.15. The molecule has 0 radical (unpaired) electrons. The summed E-state index contributed by atoms with van der Waals surface area (Å²) in [6, 6.07) is 15.6. The second-order valence-corrected chi connectivity index (χ2v) is 9.25. The van der Waals surface area contributed by atoms with Crippen LogP contribution in [0.2, 0.25) is 0 Å². The van der Waals surface area contributed by atoms with Gasteiger partial charge in [-0.1, -0.05) is 56.8 Å². The number of aliphatic imine (C=N–C) groups is 1. The van der Waals surface area contributed by atoms with E-state index in [1.165, 1.54) is 17.3 Å². The van der Waals surface area contributed by atoms with Gasteiger partial charge in [0.2, 0.25) is 5.91 Å². The molecule has 2 aromatic rings. The zero-order valence-electron chi connectivity index (χ0n) is 19.6. The van der Waals surface area contributed by atoms with E-state index in [1.54, 1.807) is 6.92 Å². The molecule has 0 saturated carbocycles. The summed E-state index contributed by atoms with van der Waals surface area (Å²) in [5, 5.41) is 6.64. The molecule has 2 aromatic carbocycles. The fourth-order valence-corrected chi connectivity index (χ4v) is 4.34. The summed E-state index contributed by atoms with van der Waals surface area (Å²) in [6.45, 7) is 8.37. The molecular weight excluding hydrogens is 434 g/mol. The Labute approximate surface area is 199 Å². The first-order valence-electron chi connectivity index (χ1n) is 11.3. The fraction of sp³-hybridized carbons (Fsp3) is 0.346. The third kappa shape index (κ3) is 6.96. The number of thioether (sulfide) groups is 1. The lowest BCUT2D eigenvalue weighted by molar-refractivity contribution is -0.142. The van der Waals surface area contributed by atoms with Gasteiger partial charge in [-0.15, -0.1) is 0 Å². The van der Waals surface area contributed by atoms with E-state index in [2.05, 4.69) is 24.5 Å². The van der Waals surface area contributed by atoms with E-state index < -0.39 is 0 Å². The van der Waals surface area contributed by atoms with Gasteiger partial charge in [-0.3, -0.25) is 9.59 Å². The summed E-state index contributed by atoms with van der Waals surface area (Å²) in [5.41, 5.74) is 4.26. The average Bonchev–Trinajstić information content (AvgIpc) is 2.96. The normalized spacial score (nSPS) is 13.7. The van der Waals surface area contributed by atoms with E-state index in [0.717, 1.165) is 17.1 Å². The van der Waals surface area contributed by atoms with Crippen molar-refractivity contribution in [1.29, 1.82) is 0 Å². The van der Waals surface area contributed by atoms with E-state index in [4.69, 9.17) is 9.73 Å². The molecule has 0 unspecified atom stereocenters. The topological polar surface area (TPSA) is 79.8 Å². The highest BCUT2D eigenvalue weighted by Crippen LogP contribution is 2.32. The minimum absolute atomic E-state index is 0.0756. The lowest BCUT2D eigenvalue weighted by Gasteiger charge is -2.15. The Bertz CT molecular complexity index is 1050. The van der Waals surface area contributed by atoms with E-state index in [0.29, 0.717) is 29.7 Å². The molecule has 1 atom stereocenters. The standard InChI is InChI=1S/C26H31N3O3S/c1-5-23(26(31)28-19-13-11-18(12-14-19)17(3)4)33-24-15-20(16-25(30)32-6-2)27-21-9-7-8-10-22(21)29-24/h7-15,17,23,27H,5-6,16H2,1-4H3,(H,28,31)/t23-/m0/s1. The molecule has 1 aliphatic heterocycles. The zero-order valence-corrected chi connectivity index (χ0v) is 20.4. The summed E-state index contributed by atoms with van der Waals surface area (Å²) in [5.74, 6) is 0.0527. The number of benzene rings is 2. The van der Waals surface area contributed by atoms with E-state index in [1.807, 2.05) is 61.5 Å². The van der Waals surface area contributed by atoms with Crippen LogP contribution in [0.3, 0.4) is 0 Å². The lowest BCUT2D eigenvalue weighted by atomic mass is 10.0. The Balaban J connectivity index is 1.78. The van der Waals surface area contributed by atoms with Crippen LogP contribution < -0.4 is 10.6 Å². The number of carbonyl (C=O) groups excluding carboxylic acids is 2. The molecule has 0 saturated heterocycles. The van der Waals surface area contributed by atoms with Gasteiger partial charge in [-0.2, -0.15) is 0 Å². The van der Waals surface area contributed by atoms with Crippen molar-refractivity contribution in [2.24, 2.45) is 4.99 Å². The van der Waals surface area contributed by atoms with Crippen LogP contribution in [0.5, 0.6) is 0 Å². The highest BCUT2D eigenvalue weighted by atomic mass is 32.2. The summed E-state index contributed by atoms with van der Waals surface area (Å²) >= 11 is 1.39. The average molecular weight is 466 g/mol. The Kier molecular flexibility index (Phi) is 8.72. The third-order valence-electron chi connectivity index (χ3n) is 5.14. The number of hydrogen-bond acceptors (Lipinski definition) is 6. The first-order chi connectivity index (χ1) is 15.9. The number of nitrogens with zero attached hydrogens (tertiary/aromatic N) is 1. The van der Waals surface area contributed by atoms with Gasteiger partial charge in [0.15, 0.2) is 0 Å².